The van der Waals surface area contributed by atoms with Crippen molar-refractivity contribution in [3.63, 3.8) is 0 Å². The average molecular weight is 389 g/mol. The quantitative estimate of drug-likeness (QED) is 0.740. The highest BCUT2D eigenvalue weighted by molar-refractivity contribution is 9.10. The van der Waals surface area contributed by atoms with Crippen LogP contribution in [0.2, 0.25) is 0 Å². The van der Waals surface area contributed by atoms with Gasteiger partial charge in [-0.05, 0) is 35.0 Å². The Morgan fingerprint density at radius 1 is 1.13 bits per heavy atom. The van der Waals surface area contributed by atoms with Gasteiger partial charge in [0.15, 0.2) is 6.10 Å². The average Bonchev–Trinajstić information content (AvgIpc) is 2.54. The zero-order chi connectivity index (χ0) is 17.6. The Balaban J connectivity index is 2.89. The van der Waals surface area contributed by atoms with Gasteiger partial charge in [0.25, 0.3) is 5.91 Å². The number of carbonyl (C=O) groups is 3. The fourth-order valence-corrected chi connectivity index (χ4v) is 2.10. The number of nitrogens with one attached hydrogen (secondary N) is 2. The molecule has 0 heterocycles. The highest BCUT2D eigenvalue weighted by Gasteiger charge is 2.22. The number of rotatable bonds is 5. The molecule has 0 aromatic heterocycles. The molecule has 0 bridgehead atoms. The first-order valence-electron chi connectivity index (χ1n) is 6.49. The molecule has 0 aliphatic heterocycles. The van der Waals surface area contributed by atoms with Gasteiger partial charge < -0.3 is 19.5 Å². The number of imide groups is 1. The minimum atomic E-state index is -1.15. The molecule has 0 fully saturated rings. The van der Waals surface area contributed by atoms with E-state index in [4.69, 9.17) is 14.2 Å². The number of hydrogen-bond acceptors (Lipinski definition) is 6. The summed E-state index contributed by atoms with van der Waals surface area (Å²) in [6.45, 7) is 1.35. The van der Waals surface area contributed by atoms with Gasteiger partial charge >= 0.3 is 12.0 Å². The lowest BCUT2D eigenvalue weighted by Crippen LogP contribution is -2.43. The molecule has 0 aliphatic rings. The molecule has 0 radical (unpaired) electrons. The molecule has 9 heteroatoms. The van der Waals surface area contributed by atoms with E-state index in [0.717, 1.165) is 0 Å². The zero-order valence-corrected chi connectivity index (χ0v) is 14.6. The van der Waals surface area contributed by atoms with Crippen molar-refractivity contribution in [2.75, 3.05) is 21.3 Å². The minimum absolute atomic E-state index is 0.140. The van der Waals surface area contributed by atoms with Gasteiger partial charge in [0.2, 0.25) is 0 Å². The number of benzene rings is 1. The van der Waals surface area contributed by atoms with E-state index >= 15 is 0 Å². The SMILES string of the molecule is CNC(=O)NC(=O)[C@H](C)OC(=O)c1cc(OC)c(Br)c(OC)c1. The van der Waals surface area contributed by atoms with Crippen LogP contribution in [0.15, 0.2) is 16.6 Å². The summed E-state index contributed by atoms with van der Waals surface area (Å²) in [5, 5.41) is 4.24. The lowest BCUT2D eigenvalue weighted by atomic mass is 10.2. The second-order valence-electron chi connectivity index (χ2n) is 4.31. The van der Waals surface area contributed by atoms with Gasteiger partial charge in [-0.25, -0.2) is 9.59 Å². The van der Waals surface area contributed by atoms with E-state index in [1.165, 1.54) is 40.3 Å². The van der Waals surface area contributed by atoms with E-state index in [2.05, 4.69) is 21.2 Å². The van der Waals surface area contributed by atoms with Crippen LogP contribution in [-0.4, -0.2) is 45.3 Å². The lowest BCUT2D eigenvalue weighted by molar-refractivity contribution is -0.127. The molecule has 126 valence electrons. The monoisotopic (exact) mass is 388 g/mol. The maximum Gasteiger partial charge on any atom is 0.339 e. The predicted molar refractivity (Wildman–Crippen MR) is 84.7 cm³/mol. The normalized spacial score (nSPS) is 11.2. The lowest BCUT2D eigenvalue weighted by Gasteiger charge is -2.14. The molecule has 23 heavy (non-hydrogen) atoms. The maximum absolute atomic E-state index is 12.1. The number of urea groups is 1. The number of halogens is 1. The van der Waals surface area contributed by atoms with Crippen LogP contribution in [0.25, 0.3) is 0 Å². The van der Waals surface area contributed by atoms with Crippen LogP contribution in [-0.2, 0) is 9.53 Å². The number of carbonyl (C=O) groups excluding carboxylic acids is 3. The fraction of sp³-hybridized carbons (Fsp3) is 0.357. The van der Waals surface area contributed by atoms with Crippen molar-refractivity contribution in [2.45, 2.75) is 13.0 Å². The summed E-state index contributed by atoms with van der Waals surface area (Å²) in [5.74, 6) is -0.750. The molecule has 8 nitrogen and oxygen atoms in total. The van der Waals surface area contributed by atoms with Crippen LogP contribution in [0, 0.1) is 0 Å². The van der Waals surface area contributed by atoms with Crippen LogP contribution in [0.4, 0.5) is 4.79 Å². The second kappa shape index (κ2) is 8.37. The van der Waals surface area contributed by atoms with Crippen molar-refractivity contribution >= 4 is 33.8 Å². The maximum atomic E-state index is 12.1. The van der Waals surface area contributed by atoms with Crippen LogP contribution in [0.5, 0.6) is 11.5 Å². The molecule has 1 aromatic rings. The summed E-state index contributed by atoms with van der Waals surface area (Å²) in [5.41, 5.74) is 0.140. The predicted octanol–water partition coefficient (Wildman–Crippen LogP) is 1.47. The molecular formula is C14H17BrN2O6. The minimum Gasteiger partial charge on any atom is -0.495 e. The summed E-state index contributed by atoms with van der Waals surface area (Å²) in [7, 11) is 4.24. The Hall–Kier alpha value is -2.29. The molecule has 2 N–H and O–H groups in total. The molecule has 0 saturated carbocycles. The molecule has 1 aromatic carbocycles. The first-order valence-corrected chi connectivity index (χ1v) is 7.28. The molecule has 0 spiro atoms. The molecule has 0 unspecified atom stereocenters. The van der Waals surface area contributed by atoms with Crippen LogP contribution >= 0.6 is 15.9 Å². The first-order chi connectivity index (χ1) is 10.8. The standard InChI is InChI=1S/C14H17BrN2O6/c1-7(12(18)17-14(20)16-2)23-13(19)8-5-9(21-3)11(15)10(6-8)22-4/h5-7H,1-4H3,(H2,16,17,18,20)/t7-/m0/s1. The Morgan fingerprint density at radius 2 is 1.65 bits per heavy atom. The largest absolute Gasteiger partial charge is 0.495 e. The molecule has 0 aliphatic carbocycles. The summed E-state index contributed by atoms with van der Waals surface area (Å²) < 4.78 is 15.8. The Kier molecular flexibility index (Phi) is 6.83. The third-order valence-electron chi connectivity index (χ3n) is 2.80. The van der Waals surface area contributed by atoms with E-state index < -0.39 is 24.0 Å². The molecule has 0 saturated heterocycles. The van der Waals surface area contributed by atoms with Crippen LogP contribution in [0.3, 0.4) is 0 Å². The molecule has 1 rings (SSSR count). The summed E-state index contributed by atoms with van der Waals surface area (Å²) in [6.07, 6.45) is -1.15. The summed E-state index contributed by atoms with van der Waals surface area (Å²) in [6, 6.07) is 2.20. The van der Waals surface area contributed by atoms with E-state index in [0.29, 0.717) is 16.0 Å². The van der Waals surface area contributed by atoms with Crippen molar-refractivity contribution in [2.24, 2.45) is 0 Å². The van der Waals surface area contributed by atoms with Gasteiger partial charge in [-0.15, -0.1) is 0 Å². The zero-order valence-electron chi connectivity index (χ0n) is 13.1. The topological polar surface area (TPSA) is 103 Å². The van der Waals surface area contributed by atoms with Gasteiger partial charge in [-0.1, -0.05) is 0 Å². The van der Waals surface area contributed by atoms with Gasteiger partial charge in [0.05, 0.1) is 19.8 Å². The molecular weight excluding hydrogens is 372 g/mol. The van der Waals surface area contributed by atoms with E-state index in [1.807, 2.05) is 5.32 Å². The molecule has 3 amide bonds. The van der Waals surface area contributed by atoms with Crippen LogP contribution in [0.1, 0.15) is 17.3 Å². The van der Waals surface area contributed by atoms with Gasteiger partial charge in [0.1, 0.15) is 16.0 Å². The van der Waals surface area contributed by atoms with Crippen molar-refractivity contribution < 1.29 is 28.6 Å². The second-order valence-corrected chi connectivity index (χ2v) is 5.10. The third-order valence-corrected chi connectivity index (χ3v) is 3.58. The summed E-state index contributed by atoms with van der Waals surface area (Å²) >= 11 is 3.28. The summed E-state index contributed by atoms with van der Waals surface area (Å²) in [4.78, 5) is 34.9. The van der Waals surface area contributed by atoms with Crippen molar-refractivity contribution in [1.29, 1.82) is 0 Å². The van der Waals surface area contributed by atoms with Gasteiger partial charge in [-0.3, -0.25) is 10.1 Å². The van der Waals surface area contributed by atoms with E-state index in [1.54, 1.807) is 0 Å². The van der Waals surface area contributed by atoms with Crippen LogP contribution < -0.4 is 20.1 Å². The highest BCUT2D eigenvalue weighted by atomic mass is 79.9. The number of methoxy groups -OCH3 is 2. The van der Waals surface area contributed by atoms with Crippen molar-refractivity contribution in [3.8, 4) is 11.5 Å². The van der Waals surface area contributed by atoms with Gasteiger partial charge in [-0.2, -0.15) is 0 Å². The van der Waals surface area contributed by atoms with E-state index in [-0.39, 0.29) is 5.56 Å². The number of esters is 1. The number of hydrogen-bond donors (Lipinski definition) is 2. The van der Waals surface area contributed by atoms with E-state index in [9.17, 15) is 14.4 Å². The smallest absolute Gasteiger partial charge is 0.339 e. The Bertz CT molecular complexity index is 594. The first kappa shape index (κ1) is 18.8. The Morgan fingerprint density at radius 3 is 2.09 bits per heavy atom. The molecule has 1 atom stereocenters. The Labute approximate surface area is 141 Å². The number of amides is 3. The highest BCUT2D eigenvalue weighted by Crippen LogP contribution is 2.35. The van der Waals surface area contributed by atoms with Crippen molar-refractivity contribution in [3.05, 3.63) is 22.2 Å². The fourth-order valence-electron chi connectivity index (χ4n) is 1.55. The third kappa shape index (κ3) is 4.85. The number of ether oxygens (including phenoxy) is 3. The van der Waals surface area contributed by atoms with Crippen molar-refractivity contribution in [1.82, 2.24) is 10.6 Å². The van der Waals surface area contributed by atoms with Gasteiger partial charge in [0, 0.05) is 7.05 Å².